The molecule has 1 aliphatic rings. The Labute approximate surface area is 141 Å². The molecule has 2 heterocycles. The van der Waals surface area contributed by atoms with Crippen LogP contribution in [0.1, 0.15) is 23.0 Å². The first kappa shape index (κ1) is 16.9. The molecule has 1 saturated heterocycles. The number of benzene rings is 1. The Balaban J connectivity index is 1.84. The maximum atomic E-state index is 12.8. The van der Waals surface area contributed by atoms with E-state index in [9.17, 15) is 18.0 Å². The largest absolute Gasteiger partial charge is 0.416 e. The highest BCUT2D eigenvalue weighted by molar-refractivity contribution is 7.13. The topological polar surface area (TPSA) is 45.2 Å². The number of hydrogen-bond donors (Lipinski definition) is 1. The minimum Gasteiger partial charge on any atom is -0.332 e. The summed E-state index contributed by atoms with van der Waals surface area (Å²) in [7, 11) is 0. The smallest absolute Gasteiger partial charge is 0.332 e. The van der Waals surface area contributed by atoms with Gasteiger partial charge in [-0.3, -0.25) is 4.79 Å². The molecule has 1 aromatic heterocycles. The normalized spacial score (nSPS) is 18.7. The summed E-state index contributed by atoms with van der Waals surface area (Å²) in [5.41, 5.74) is -0.0813. The third-order valence-electron chi connectivity index (χ3n) is 3.92. The molecule has 0 bridgehead atoms. The summed E-state index contributed by atoms with van der Waals surface area (Å²) in [5.74, 6) is -0.182. The number of aromatic nitrogens is 1. The lowest BCUT2D eigenvalue weighted by Gasteiger charge is -2.33. The van der Waals surface area contributed by atoms with Gasteiger partial charge in [-0.15, -0.1) is 11.3 Å². The molecule has 24 heavy (non-hydrogen) atoms. The molecule has 1 N–H and O–H groups in total. The van der Waals surface area contributed by atoms with E-state index in [0.717, 1.165) is 25.2 Å². The van der Waals surface area contributed by atoms with Crippen LogP contribution in [0.25, 0.3) is 10.6 Å². The maximum Gasteiger partial charge on any atom is 0.416 e. The van der Waals surface area contributed by atoms with Crippen molar-refractivity contribution in [3.05, 3.63) is 40.9 Å². The first-order valence-electron chi connectivity index (χ1n) is 7.51. The van der Waals surface area contributed by atoms with E-state index < -0.39 is 11.7 Å². The van der Waals surface area contributed by atoms with Crippen LogP contribution >= 0.6 is 11.3 Å². The number of piperazine rings is 1. The van der Waals surface area contributed by atoms with Crippen molar-refractivity contribution in [3.63, 3.8) is 0 Å². The van der Waals surface area contributed by atoms with E-state index in [-0.39, 0.29) is 17.6 Å². The Bertz CT molecular complexity index is 744. The van der Waals surface area contributed by atoms with Gasteiger partial charge >= 0.3 is 6.18 Å². The number of thiazole rings is 1. The van der Waals surface area contributed by atoms with Gasteiger partial charge in [0.15, 0.2) is 0 Å². The fourth-order valence-corrected chi connectivity index (χ4v) is 3.41. The van der Waals surface area contributed by atoms with Crippen molar-refractivity contribution in [2.45, 2.75) is 19.1 Å². The van der Waals surface area contributed by atoms with Crippen molar-refractivity contribution in [3.8, 4) is 10.6 Å². The van der Waals surface area contributed by atoms with E-state index in [4.69, 9.17) is 0 Å². The highest BCUT2D eigenvalue weighted by Gasteiger charge is 2.31. The SMILES string of the molecule is C[C@H]1CNCCN1C(=O)c1csc(-c2cccc(C(F)(F)F)c2)n1. The molecule has 0 spiro atoms. The minimum absolute atomic E-state index is 0.0601. The van der Waals surface area contributed by atoms with Crippen LogP contribution in [-0.4, -0.2) is 41.5 Å². The lowest BCUT2D eigenvalue weighted by molar-refractivity contribution is -0.137. The van der Waals surface area contributed by atoms with Crippen molar-refractivity contribution in [2.24, 2.45) is 0 Å². The van der Waals surface area contributed by atoms with E-state index in [1.165, 1.54) is 17.4 Å². The predicted octanol–water partition coefficient (Wildman–Crippen LogP) is 3.26. The monoisotopic (exact) mass is 355 g/mol. The third kappa shape index (κ3) is 3.44. The van der Waals surface area contributed by atoms with Crippen LogP contribution in [-0.2, 0) is 6.18 Å². The van der Waals surface area contributed by atoms with E-state index in [2.05, 4.69) is 10.3 Å². The van der Waals surface area contributed by atoms with E-state index in [1.807, 2.05) is 6.92 Å². The van der Waals surface area contributed by atoms with Gasteiger partial charge in [0.05, 0.1) is 5.56 Å². The van der Waals surface area contributed by atoms with E-state index >= 15 is 0 Å². The Kier molecular flexibility index (Phi) is 4.60. The van der Waals surface area contributed by atoms with Gasteiger partial charge in [0.2, 0.25) is 0 Å². The fraction of sp³-hybridized carbons (Fsp3) is 0.375. The molecule has 0 radical (unpaired) electrons. The van der Waals surface area contributed by atoms with Gasteiger partial charge in [-0.2, -0.15) is 13.2 Å². The predicted molar refractivity (Wildman–Crippen MR) is 85.9 cm³/mol. The number of hydrogen-bond acceptors (Lipinski definition) is 4. The zero-order valence-corrected chi connectivity index (χ0v) is 13.7. The molecule has 1 amide bonds. The van der Waals surface area contributed by atoms with Gasteiger partial charge in [0, 0.05) is 36.6 Å². The Morgan fingerprint density at radius 1 is 1.42 bits per heavy atom. The molecule has 0 aliphatic carbocycles. The molecule has 3 rings (SSSR count). The second-order valence-corrected chi connectivity index (χ2v) is 6.53. The molecular weight excluding hydrogens is 339 g/mol. The quantitative estimate of drug-likeness (QED) is 0.899. The van der Waals surface area contributed by atoms with Crippen molar-refractivity contribution < 1.29 is 18.0 Å². The first-order chi connectivity index (χ1) is 11.4. The number of rotatable bonds is 2. The highest BCUT2D eigenvalue weighted by Crippen LogP contribution is 2.33. The van der Waals surface area contributed by atoms with Gasteiger partial charge in [-0.25, -0.2) is 4.98 Å². The van der Waals surface area contributed by atoms with Crippen LogP contribution in [0.3, 0.4) is 0 Å². The maximum absolute atomic E-state index is 12.8. The zero-order chi connectivity index (χ0) is 17.3. The van der Waals surface area contributed by atoms with Crippen molar-refractivity contribution >= 4 is 17.2 Å². The van der Waals surface area contributed by atoms with E-state index in [0.29, 0.717) is 17.1 Å². The van der Waals surface area contributed by atoms with Crippen molar-refractivity contribution in [1.29, 1.82) is 0 Å². The van der Waals surface area contributed by atoms with E-state index in [1.54, 1.807) is 16.3 Å². The summed E-state index contributed by atoms with van der Waals surface area (Å²) in [5, 5.41) is 5.22. The molecule has 1 aromatic carbocycles. The van der Waals surface area contributed by atoms with Gasteiger partial charge in [-0.05, 0) is 19.1 Å². The Hall–Kier alpha value is -1.93. The van der Waals surface area contributed by atoms with Crippen LogP contribution < -0.4 is 5.32 Å². The Morgan fingerprint density at radius 3 is 2.92 bits per heavy atom. The average Bonchev–Trinajstić information content (AvgIpc) is 3.04. The molecule has 128 valence electrons. The van der Waals surface area contributed by atoms with Crippen molar-refractivity contribution in [1.82, 2.24) is 15.2 Å². The number of carbonyl (C=O) groups is 1. The molecule has 1 aliphatic heterocycles. The van der Waals surface area contributed by atoms with Crippen LogP contribution in [0, 0.1) is 0 Å². The highest BCUT2D eigenvalue weighted by atomic mass is 32.1. The number of carbonyl (C=O) groups excluding carboxylic acids is 1. The summed E-state index contributed by atoms with van der Waals surface area (Å²) >= 11 is 1.17. The lowest BCUT2D eigenvalue weighted by Crippen LogP contribution is -2.52. The fourth-order valence-electron chi connectivity index (χ4n) is 2.62. The molecule has 1 atom stereocenters. The molecule has 0 unspecified atom stereocenters. The molecule has 0 saturated carbocycles. The Morgan fingerprint density at radius 2 is 2.21 bits per heavy atom. The zero-order valence-electron chi connectivity index (χ0n) is 12.9. The summed E-state index contributed by atoms with van der Waals surface area (Å²) in [6.07, 6.45) is -4.40. The second kappa shape index (κ2) is 6.52. The molecule has 8 heteroatoms. The minimum atomic E-state index is -4.40. The number of amides is 1. The summed E-state index contributed by atoms with van der Waals surface area (Å²) in [4.78, 5) is 18.5. The summed E-state index contributed by atoms with van der Waals surface area (Å²) in [6.45, 7) is 3.98. The van der Waals surface area contributed by atoms with Crippen LogP contribution in [0.5, 0.6) is 0 Å². The average molecular weight is 355 g/mol. The van der Waals surface area contributed by atoms with Gasteiger partial charge in [-0.1, -0.05) is 12.1 Å². The summed E-state index contributed by atoms with van der Waals surface area (Å²) in [6, 6.07) is 5.05. The van der Waals surface area contributed by atoms with Crippen LogP contribution in [0.4, 0.5) is 13.2 Å². The van der Waals surface area contributed by atoms with Gasteiger partial charge in [0.1, 0.15) is 10.7 Å². The number of nitrogens with zero attached hydrogens (tertiary/aromatic N) is 2. The standard InChI is InChI=1S/C16H16F3N3OS/c1-10-8-20-5-6-22(10)15(23)13-9-24-14(21-13)11-3-2-4-12(7-11)16(17,18)19/h2-4,7,9-10,20H,5-6,8H2,1H3/t10-/m0/s1. The number of nitrogens with one attached hydrogen (secondary N) is 1. The first-order valence-corrected chi connectivity index (χ1v) is 8.39. The van der Waals surface area contributed by atoms with Crippen LogP contribution in [0.15, 0.2) is 29.6 Å². The molecule has 4 nitrogen and oxygen atoms in total. The van der Waals surface area contributed by atoms with Crippen molar-refractivity contribution in [2.75, 3.05) is 19.6 Å². The van der Waals surface area contributed by atoms with Gasteiger partial charge in [0.25, 0.3) is 5.91 Å². The second-order valence-electron chi connectivity index (χ2n) is 5.67. The molecule has 2 aromatic rings. The summed E-state index contributed by atoms with van der Waals surface area (Å²) < 4.78 is 38.5. The lowest BCUT2D eigenvalue weighted by atomic mass is 10.1. The van der Waals surface area contributed by atoms with Gasteiger partial charge < -0.3 is 10.2 Å². The molecule has 1 fully saturated rings. The number of halogens is 3. The number of alkyl halides is 3. The third-order valence-corrected chi connectivity index (χ3v) is 4.81. The molecular formula is C16H16F3N3OS. The van der Waals surface area contributed by atoms with Crippen LogP contribution in [0.2, 0.25) is 0 Å².